The predicted octanol–water partition coefficient (Wildman–Crippen LogP) is 4.54. The van der Waals surface area contributed by atoms with Crippen molar-refractivity contribution in [2.45, 2.75) is 51.6 Å². The lowest BCUT2D eigenvalue weighted by Gasteiger charge is -2.31. The first kappa shape index (κ1) is 13.8. The molecule has 0 saturated heterocycles. The van der Waals surface area contributed by atoms with Crippen LogP contribution >= 0.6 is 11.6 Å². The molecule has 1 N–H and O–H groups in total. The predicted molar refractivity (Wildman–Crippen MR) is 74.3 cm³/mol. The second-order valence-corrected chi connectivity index (χ2v) is 5.55. The molecule has 1 aliphatic rings. The molecule has 1 aromatic rings. The van der Waals surface area contributed by atoms with Crippen molar-refractivity contribution in [3.63, 3.8) is 0 Å². The first-order valence-electron chi connectivity index (χ1n) is 6.88. The van der Waals surface area contributed by atoms with Crippen molar-refractivity contribution >= 4 is 11.6 Å². The number of hydrogen-bond donors (Lipinski definition) is 1. The highest BCUT2D eigenvalue weighted by Gasteiger charge is 2.23. The van der Waals surface area contributed by atoms with Crippen LogP contribution in [-0.4, -0.2) is 6.04 Å². The van der Waals surface area contributed by atoms with Crippen molar-refractivity contribution < 1.29 is 4.39 Å². The second-order valence-electron chi connectivity index (χ2n) is 5.14. The molecule has 0 radical (unpaired) electrons. The minimum atomic E-state index is -0.209. The van der Waals surface area contributed by atoms with Crippen LogP contribution < -0.4 is 5.32 Å². The summed E-state index contributed by atoms with van der Waals surface area (Å²) in [5.74, 6) is 0.517. The van der Waals surface area contributed by atoms with E-state index in [-0.39, 0.29) is 5.82 Å². The molecule has 1 saturated carbocycles. The summed E-state index contributed by atoms with van der Waals surface area (Å²) in [6.07, 6.45) is 6.29. The molecule has 1 aliphatic carbocycles. The summed E-state index contributed by atoms with van der Waals surface area (Å²) in [4.78, 5) is 0. The monoisotopic (exact) mass is 269 g/mol. The van der Waals surface area contributed by atoms with Gasteiger partial charge >= 0.3 is 0 Å². The minimum Gasteiger partial charge on any atom is -0.309 e. The number of nitrogens with one attached hydrogen (secondary N) is 1. The SMILES string of the molecule is CCC1CCCCC1NCc1c(F)cccc1Cl. The smallest absolute Gasteiger partial charge is 0.129 e. The average molecular weight is 270 g/mol. The summed E-state index contributed by atoms with van der Waals surface area (Å²) >= 11 is 6.04. The molecule has 0 aliphatic heterocycles. The Kier molecular flexibility index (Phi) is 5.02. The molecule has 0 aromatic heterocycles. The zero-order valence-electron chi connectivity index (χ0n) is 10.9. The summed E-state index contributed by atoms with van der Waals surface area (Å²) in [5.41, 5.74) is 0.597. The van der Waals surface area contributed by atoms with Crippen LogP contribution in [0.25, 0.3) is 0 Å². The standard InChI is InChI=1S/C15H21ClFN/c1-2-11-6-3-4-9-15(11)18-10-12-13(16)7-5-8-14(12)17/h5,7-8,11,15,18H,2-4,6,9-10H2,1H3. The minimum absolute atomic E-state index is 0.209. The molecule has 0 spiro atoms. The molecule has 0 amide bonds. The van der Waals surface area contributed by atoms with Crippen LogP contribution in [0.5, 0.6) is 0 Å². The Balaban J connectivity index is 1.98. The van der Waals surface area contributed by atoms with Gasteiger partial charge in [-0.25, -0.2) is 4.39 Å². The lowest BCUT2D eigenvalue weighted by molar-refractivity contribution is 0.253. The van der Waals surface area contributed by atoms with Crippen LogP contribution in [0.3, 0.4) is 0 Å². The van der Waals surface area contributed by atoms with E-state index in [4.69, 9.17) is 11.6 Å². The van der Waals surface area contributed by atoms with E-state index >= 15 is 0 Å². The molecule has 2 unspecified atom stereocenters. The molecular weight excluding hydrogens is 249 g/mol. The number of benzene rings is 1. The van der Waals surface area contributed by atoms with E-state index in [9.17, 15) is 4.39 Å². The van der Waals surface area contributed by atoms with Crippen molar-refractivity contribution in [1.29, 1.82) is 0 Å². The van der Waals surface area contributed by atoms with Crippen LogP contribution in [0, 0.1) is 11.7 Å². The van der Waals surface area contributed by atoms with Crippen molar-refractivity contribution in [2.75, 3.05) is 0 Å². The Bertz CT molecular complexity index is 374. The van der Waals surface area contributed by atoms with Crippen molar-refractivity contribution in [2.24, 2.45) is 5.92 Å². The topological polar surface area (TPSA) is 12.0 Å². The van der Waals surface area contributed by atoms with E-state index in [0.717, 1.165) is 5.92 Å². The number of hydrogen-bond acceptors (Lipinski definition) is 1. The third kappa shape index (κ3) is 3.24. The van der Waals surface area contributed by atoms with Crippen molar-refractivity contribution in [3.8, 4) is 0 Å². The third-order valence-corrected chi connectivity index (χ3v) is 4.39. The maximum Gasteiger partial charge on any atom is 0.129 e. The van der Waals surface area contributed by atoms with Crippen LogP contribution in [0.15, 0.2) is 18.2 Å². The Hall–Kier alpha value is -0.600. The zero-order chi connectivity index (χ0) is 13.0. The molecule has 1 aromatic carbocycles. The molecular formula is C15H21ClFN. The van der Waals surface area contributed by atoms with E-state index in [1.807, 2.05) is 0 Å². The van der Waals surface area contributed by atoms with Gasteiger partial charge in [0.25, 0.3) is 0 Å². The highest BCUT2D eigenvalue weighted by molar-refractivity contribution is 6.31. The summed E-state index contributed by atoms with van der Waals surface area (Å²) in [6, 6.07) is 5.39. The molecule has 18 heavy (non-hydrogen) atoms. The summed E-state index contributed by atoms with van der Waals surface area (Å²) in [7, 11) is 0. The van der Waals surface area contributed by atoms with Crippen LogP contribution in [-0.2, 0) is 6.54 Å². The Morgan fingerprint density at radius 3 is 2.83 bits per heavy atom. The van der Waals surface area contributed by atoms with Gasteiger partial charge in [-0.2, -0.15) is 0 Å². The average Bonchev–Trinajstić information content (AvgIpc) is 2.38. The van der Waals surface area contributed by atoms with Gasteiger partial charge in [-0.05, 0) is 30.9 Å². The van der Waals surface area contributed by atoms with E-state index < -0.39 is 0 Å². The van der Waals surface area contributed by atoms with Gasteiger partial charge in [0, 0.05) is 23.2 Å². The molecule has 2 rings (SSSR count). The first-order valence-corrected chi connectivity index (χ1v) is 7.26. The van der Waals surface area contributed by atoms with E-state index in [1.165, 1.54) is 38.2 Å². The van der Waals surface area contributed by atoms with E-state index in [2.05, 4.69) is 12.2 Å². The highest BCUT2D eigenvalue weighted by atomic mass is 35.5. The molecule has 1 fully saturated rings. The lowest BCUT2D eigenvalue weighted by Crippen LogP contribution is -2.38. The van der Waals surface area contributed by atoms with Gasteiger partial charge in [-0.3, -0.25) is 0 Å². The lowest BCUT2D eigenvalue weighted by atomic mass is 9.83. The Labute approximate surface area is 114 Å². The van der Waals surface area contributed by atoms with Crippen LogP contribution in [0.1, 0.15) is 44.6 Å². The largest absolute Gasteiger partial charge is 0.309 e. The maximum atomic E-state index is 13.7. The Morgan fingerprint density at radius 1 is 1.33 bits per heavy atom. The van der Waals surface area contributed by atoms with Gasteiger partial charge in [0.15, 0.2) is 0 Å². The van der Waals surface area contributed by atoms with Gasteiger partial charge in [-0.15, -0.1) is 0 Å². The maximum absolute atomic E-state index is 13.7. The van der Waals surface area contributed by atoms with Gasteiger partial charge in [0.2, 0.25) is 0 Å². The Morgan fingerprint density at radius 2 is 2.11 bits per heavy atom. The third-order valence-electron chi connectivity index (χ3n) is 4.04. The summed E-state index contributed by atoms with van der Waals surface area (Å²) in [6.45, 7) is 2.77. The van der Waals surface area contributed by atoms with Gasteiger partial charge in [-0.1, -0.05) is 43.9 Å². The molecule has 100 valence electrons. The molecule has 0 heterocycles. The number of rotatable bonds is 4. The quantitative estimate of drug-likeness (QED) is 0.846. The molecule has 1 nitrogen and oxygen atoms in total. The summed E-state index contributed by atoms with van der Waals surface area (Å²) in [5, 5.41) is 4.02. The second kappa shape index (κ2) is 6.53. The molecule has 3 heteroatoms. The number of halogens is 2. The molecule has 0 bridgehead atoms. The fourth-order valence-electron chi connectivity index (χ4n) is 2.90. The van der Waals surface area contributed by atoms with Gasteiger partial charge in [0.1, 0.15) is 5.82 Å². The van der Waals surface area contributed by atoms with E-state index in [0.29, 0.717) is 23.2 Å². The fourth-order valence-corrected chi connectivity index (χ4v) is 3.13. The first-order chi connectivity index (χ1) is 8.72. The zero-order valence-corrected chi connectivity index (χ0v) is 11.6. The van der Waals surface area contributed by atoms with Gasteiger partial charge in [0.05, 0.1) is 0 Å². The fraction of sp³-hybridized carbons (Fsp3) is 0.600. The van der Waals surface area contributed by atoms with E-state index in [1.54, 1.807) is 12.1 Å². The van der Waals surface area contributed by atoms with Crippen molar-refractivity contribution in [1.82, 2.24) is 5.32 Å². The molecule has 2 atom stereocenters. The summed E-state index contributed by atoms with van der Waals surface area (Å²) < 4.78 is 13.7. The highest BCUT2D eigenvalue weighted by Crippen LogP contribution is 2.27. The van der Waals surface area contributed by atoms with Crippen molar-refractivity contribution in [3.05, 3.63) is 34.6 Å². The van der Waals surface area contributed by atoms with Crippen LogP contribution in [0.4, 0.5) is 4.39 Å². The normalized spacial score (nSPS) is 24.2. The van der Waals surface area contributed by atoms with Crippen LogP contribution in [0.2, 0.25) is 5.02 Å². The van der Waals surface area contributed by atoms with Gasteiger partial charge < -0.3 is 5.32 Å².